The predicted octanol–water partition coefficient (Wildman–Crippen LogP) is 0.626. The first-order valence-corrected chi connectivity index (χ1v) is 4.47. The van der Waals surface area contributed by atoms with Crippen LogP contribution in [-0.4, -0.2) is 22.6 Å². The fourth-order valence-corrected chi connectivity index (χ4v) is 1.33. The molecular weight excluding hydrogens is 166 g/mol. The average Bonchev–Trinajstić information content (AvgIpc) is 2.14. The molecule has 0 amide bonds. The van der Waals surface area contributed by atoms with Gasteiger partial charge in [-0.1, -0.05) is 0 Å². The Hall–Kier alpha value is -1.32. The third kappa shape index (κ3) is 1.88. The molecule has 0 fully saturated rings. The molecule has 1 aromatic rings. The van der Waals surface area contributed by atoms with Crippen molar-refractivity contribution in [3.63, 3.8) is 0 Å². The topological polar surface area (TPSA) is 38.1 Å². The van der Waals surface area contributed by atoms with E-state index in [1.807, 2.05) is 6.07 Å². The highest BCUT2D eigenvalue weighted by Gasteiger charge is 2.05. The first-order valence-electron chi connectivity index (χ1n) is 4.47. The largest absolute Gasteiger partial charge is 0.358 e. The first-order chi connectivity index (χ1) is 6.20. The molecule has 0 N–H and O–H groups in total. The summed E-state index contributed by atoms with van der Waals surface area (Å²) in [6.45, 7) is 5.92. The Balaban J connectivity index is 3.13. The van der Waals surface area contributed by atoms with Crippen molar-refractivity contribution in [1.29, 1.82) is 0 Å². The van der Waals surface area contributed by atoms with E-state index in [1.165, 1.54) is 0 Å². The summed E-state index contributed by atoms with van der Waals surface area (Å²) in [6.07, 6.45) is 1.55. The van der Waals surface area contributed by atoms with Gasteiger partial charge in [0.1, 0.15) is 5.82 Å². The summed E-state index contributed by atoms with van der Waals surface area (Å²) in [5.74, 6) is 0.921. The monoisotopic (exact) mass is 181 g/mol. The minimum Gasteiger partial charge on any atom is -0.358 e. The van der Waals surface area contributed by atoms with Gasteiger partial charge in [0.05, 0.1) is 0 Å². The SMILES string of the molecule is CCN(CC)c1ccnc(=O)n1C. The lowest BCUT2D eigenvalue weighted by Crippen LogP contribution is -2.30. The molecule has 1 aromatic heterocycles. The second-order valence-electron chi connectivity index (χ2n) is 2.82. The molecule has 4 heteroatoms. The molecule has 1 rings (SSSR count). The summed E-state index contributed by atoms with van der Waals surface area (Å²) in [4.78, 5) is 17.0. The van der Waals surface area contributed by atoms with Crippen LogP contribution in [0.3, 0.4) is 0 Å². The first kappa shape index (κ1) is 9.77. The van der Waals surface area contributed by atoms with E-state index < -0.39 is 0 Å². The highest BCUT2D eigenvalue weighted by atomic mass is 16.1. The van der Waals surface area contributed by atoms with Gasteiger partial charge in [-0.3, -0.25) is 4.57 Å². The zero-order valence-electron chi connectivity index (χ0n) is 8.32. The minimum absolute atomic E-state index is 0.204. The molecule has 0 spiro atoms. The van der Waals surface area contributed by atoms with Crippen LogP contribution in [0, 0.1) is 0 Å². The summed E-state index contributed by atoms with van der Waals surface area (Å²) in [6, 6.07) is 1.86. The molecule has 0 aliphatic rings. The maximum absolute atomic E-state index is 11.2. The van der Waals surface area contributed by atoms with E-state index in [1.54, 1.807) is 17.8 Å². The highest BCUT2D eigenvalue weighted by Crippen LogP contribution is 2.07. The smallest absolute Gasteiger partial charge is 0.348 e. The molecule has 0 saturated carbocycles. The fraction of sp³-hybridized carbons (Fsp3) is 0.556. The molecule has 4 nitrogen and oxygen atoms in total. The van der Waals surface area contributed by atoms with E-state index in [2.05, 4.69) is 23.7 Å². The van der Waals surface area contributed by atoms with Gasteiger partial charge >= 0.3 is 5.69 Å². The highest BCUT2D eigenvalue weighted by molar-refractivity contribution is 5.37. The molecule has 1 heterocycles. The van der Waals surface area contributed by atoms with Crippen molar-refractivity contribution in [3.05, 3.63) is 22.7 Å². The van der Waals surface area contributed by atoms with Gasteiger partial charge in [-0.2, -0.15) is 0 Å². The van der Waals surface area contributed by atoms with E-state index in [0.717, 1.165) is 18.9 Å². The van der Waals surface area contributed by atoms with Crippen LogP contribution in [0.25, 0.3) is 0 Å². The van der Waals surface area contributed by atoms with Crippen molar-refractivity contribution in [1.82, 2.24) is 9.55 Å². The molecule has 0 atom stereocenters. The van der Waals surface area contributed by atoms with Gasteiger partial charge in [0.25, 0.3) is 0 Å². The fourth-order valence-electron chi connectivity index (χ4n) is 1.33. The van der Waals surface area contributed by atoms with Gasteiger partial charge in [0, 0.05) is 26.3 Å². The Kier molecular flexibility index (Phi) is 3.06. The minimum atomic E-state index is -0.204. The van der Waals surface area contributed by atoms with Gasteiger partial charge < -0.3 is 4.90 Å². The maximum Gasteiger partial charge on any atom is 0.348 e. The van der Waals surface area contributed by atoms with Crippen molar-refractivity contribution < 1.29 is 0 Å². The predicted molar refractivity (Wildman–Crippen MR) is 53.0 cm³/mol. The van der Waals surface area contributed by atoms with Gasteiger partial charge in [0.15, 0.2) is 0 Å². The molecule has 13 heavy (non-hydrogen) atoms. The van der Waals surface area contributed by atoms with Crippen LogP contribution in [0.2, 0.25) is 0 Å². The second-order valence-corrected chi connectivity index (χ2v) is 2.82. The van der Waals surface area contributed by atoms with Gasteiger partial charge in [-0.25, -0.2) is 9.78 Å². The Labute approximate surface area is 77.8 Å². The molecule has 0 aliphatic heterocycles. The number of rotatable bonds is 3. The number of nitrogens with zero attached hydrogens (tertiary/aromatic N) is 3. The zero-order valence-corrected chi connectivity index (χ0v) is 8.32. The standard InChI is InChI=1S/C9H15N3O/c1-4-12(5-2)8-6-7-10-9(13)11(8)3/h6-7H,4-5H2,1-3H3. The lowest BCUT2D eigenvalue weighted by Gasteiger charge is -2.22. The molecule has 72 valence electrons. The third-order valence-electron chi connectivity index (χ3n) is 2.13. The van der Waals surface area contributed by atoms with Gasteiger partial charge in [-0.05, 0) is 19.9 Å². The number of hydrogen-bond donors (Lipinski definition) is 0. The van der Waals surface area contributed by atoms with Gasteiger partial charge in [0.2, 0.25) is 0 Å². The number of anilines is 1. The molecule has 0 saturated heterocycles. The molecule has 0 aliphatic carbocycles. The Morgan fingerprint density at radius 2 is 2.08 bits per heavy atom. The summed E-state index contributed by atoms with van der Waals surface area (Å²) >= 11 is 0. The van der Waals surface area contributed by atoms with Crippen molar-refractivity contribution in [2.75, 3.05) is 18.0 Å². The Morgan fingerprint density at radius 3 is 2.62 bits per heavy atom. The maximum atomic E-state index is 11.2. The third-order valence-corrected chi connectivity index (χ3v) is 2.13. The summed E-state index contributed by atoms with van der Waals surface area (Å²) in [7, 11) is 1.74. The summed E-state index contributed by atoms with van der Waals surface area (Å²) < 4.78 is 1.56. The van der Waals surface area contributed by atoms with Crippen LogP contribution in [0.4, 0.5) is 5.82 Å². The molecular formula is C9H15N3O. The molecule has 0 unspecified atom stereocenters. The van der Waals surface area contributed by atoms with Crippen molar-refractivity contribution >= 4 is 5.82 Å². The van der Waals surface area contributed by atoms with Crippen molar-refractivity contribution in [2.24, 2.45) is 7.05 Å². The van der Waals surface area contributed by atoms with Crippen LogP contribution in [-0.2, 0) is 7.05 Å². The number of hydrogen-bond acceptors (Lipinski definition) is 3. The Morgan fingerprint density at radius 1 is 1.46 bits per heavy atom. The second kappa shape index (κ2) is 4.07. The lowest BCUT2D eigenvalue weighted by molar-refractivity contribution is 0.742. The van der Waals surface area contributed by atoms with Crippen LogP contribution in [0.15, 0.2) is 17.1 Å². The zero-order chi connectivity index (χ0) is 9.84. The quantitative estimate of drug-likeness (QED) is 0.686. The van der Waals surface area contributed by atoms with E-state index in [4.69, 9.17) is 0 Å². The van der Waals surface area contributed by atoms with Crippen LogP contribution in [0.1, 0.15) is 13.8 Å². The van der Waals surface area contributed by atoms with Gasteiger partial charge in [-0.15, -0.1) is 0 Å². The van der Waals surface area contributed by atoms with Crippen LogP contribution in [0.5, 0.6) is 0 Å². The number of aromatic nitrogens is 2. The van der Waals surface area contributed by atoms with E-state index >= 15 is 0 Å². The van der Waals surface area contributed by atoms with E-state index in [9.17, 15) is 4.79 Å². The summed E-state index contributed by atoms with van der Waals surface area (Å²) in [5, 5.41) is 0. The molecule has 0 aromatic carbocycles. The lowest BCUT2D eigenvalue weighted by atomic mass is 10.4. The van der Waals surface area contributed by atoms with E-state index in [-0.39, 0.29) is 5.69 Å². The van der Waals surface area contributed by atoms with Crippen LogP contribution < -0.4 is 10.6 Å². The van der Waals surface area contributed by atoms with Crippen molar-refractivity contribution in [3.8, 4) is 0 Å². The molecule has 0 radical (unpaired) electrons. The van der Waals surface area contributed by atoms with E-state index in [0.29, 0.717) is 0 Å². The normalized spacial score (nSPS) is 10.1. The summed E-state index contributed by atoms with van der Waals surface area (Å²) in [5.41, 5.74) is -0.204. The average molecular weight is 181 g/mol. The van der Waals surface area contributed by atoms with Crippen molar-refractivity contribution in [2.45, 2.75) is 13.8 Å². The Bertz CT molecular complexity index is 328. The van der Waals surface area contributed by atoms with Crippen LogP contribution >= 0.6 is 0 Å². The molecule has 0 bridgehead atoms.